The maximum absolute atomic E-state index is 15.4. The number of benzene rings is 2. The highest BCUT2D eigenvalue weighted by atomic mass is 19.1. The van der Waals surface area contributed by atoms with Gasteiger partial charge in [-0.1, -0.05) is 36.4 Å². The van der Waals surface area contributed by atoms with E-state index < -0.39 is 24.3 Å². The molecule has 0 bridgehead atoms. The Morgan fingerprint density at radius 2 is 1.95 bits per heavy atom. The van der Waals surface area contributed by atoms with Gasteiger partial charge < -0.3 is 15.6 Å². The molecule has 1 unspecified atom stereocenters. The van der Waals surface area contributed by atoms with Crippen molar-refractivity contribution in [2.24, 2.45) is 17.8 Å². The Morgan fingerprint density at radius 1 is 1.14 bits per heavy atom. The summed E-state index contributed by atoms with van der Waals surface area (Å²) in [5, 5.41) is 18.7. The van der Waals surface area contributed by atoms with Crippen LogP contribution in [-0.2, 0) is 11.4 Å². The van der Waals surface area contributed by atoms with Crippen LogP contribution >= 0.6 is 0 Å². The van der Waals surface area contributed by atoms with Gasteiger partial charge in [0.2, 0.25) is 11.9 Å². The van der Waals surface area contributed by atoms with Crippen molar-refractivity contribution in [3.05, 3.63) is 83.9 Å². The molecule has 10 heteroatoms. The van der Waals surface area contributed by atoms with E-state index in [2.05, 4.69) is 20.2 Å². The summed E-state index contributed by atoms with van der Waals surface area (Å²) in [5.74, 6) is -0.862. The van der Waals surface area contributed by atoms with Crippen LogP contribution in [0.1, 0.15) is 24.8 Å². The molecule has 1 saturated carbocycles. The van der Waals surface area contributed by atoms with Crippen molar-refractivity contribution in [2.75, 3.05) is 17.7 Å². The molecule has 3 heterocycles. The zero-order valence-electron chi connectivity index (χ0n) is 22.9. The van der Waals surface area contributed by atoms with Crippen molar-refractivity contribution < 1.29 is 19.0 Å². The first-order valence-electron chi connectivity index (χ1n) is 13.9. The van der Waals surface area contributed by atoms with Crippen LogP contribution in [0.15, 0.2) is 78.3 Å². The number of methoxy groups -OCH3 is 1. The van der Waals surface area contributed by atoms with Crippen LogP contribution in [0.25, 0.3) is 33.5 Å². The highest BCUT2D eigenvalue weighted by molar-refractivity contribution is 6.05. The molecule has 0 spiro atoms. The van der Waals surface area contributed by atoms with E-state index in [0.717, 1.165) is 17.6 Å². The van der Waals surface area contributed by atoms with Crippen LogP contribution in [0.2, 0.25) is 0 Å². The van der Waals surface area contributed by atoms with Crippen molar-refractivity contribution in [3.8, 4) is 28.3 Å². The van der Waals surface area contributed by atoms with Gasteiger partial charge in [-0.3, -0.25) is 14.8 Å². The van der Waals surface area contributed by atoms with Crippen LogP contribution in [0.4, 0.5) is 16.0 Å². The van der Waals surface area contributed by atoms with Gasteiger partial charge in [-0.2, -0.15) is 10.1 Å². The van der Waals surface area contributed by atoms with Crippen LogP contribution < -0.4 is 15.4 Å². The van der Waals surface area contributed by atoms with Crippen LogP contribution in [0.3, 0.4) is 0 Å². The van der Waals surface area contributed by atoms with Gasteiger partial charge >= 0.3 is 0 Å². The lowest BCUT2D eigenvalue weighted by Crippen LogP contribution is -2.40. The number of hydrogen-bond donors (Lipinski definition) is 3. The number of hydrogen-bond acceptors (Lipinski definition) is 7. The van der Waals surface area contributed by atoms with Crippen molar-refractivity contribution in [1.29, 1.82) is 0 Å². The normalized spacial score (nSPS) is 20.0. The number of ether oxygens (including phenoxy) is 1. The molecule has 212 valence electrons. The third kappa shape index (κ3) is 4.35. The SMILES string of the molecule is COc1ccccc1-c1[nH]nc2nc(N)nc(-c3cccc(N4C=C[C@H]5C=C(CC6CC6)C=C(F)C5C4=O)c3CO)c12. The number of aromatic amines is 1. The topological polar surface area (TPSA) is 130 Å². The van der Waals surface area contributed by atoms with Crippen molar-refractivity contribution in [1.82, 2.24) is 20.2 Å². The van der Waals surface area contributed by atoms with E-state index in [-0.39, 0.29) is 11.9 Å². The number of anilines is 2. The Balaban J connectivity index is 1.34. The molecule has 2 aromatic carbocycles. The van der Waals surface area contributed by atoms with E-state index in [4.69, 9.17) is 10.5 Å². The number of amides is 1. The van der Waals surface area contributed by atoms with Crippen molar-refractivity contribution >= 4 is 28.6 Å². The van der Waals surface area contributed by atoms with Crippen LogP contribution in [0, 0.1) is 17.8 Å². The number of nitrogens with one attached hydrogen (secondary N) is 1. The standard InChI is InChI=1S/C32H29FN6O3/c1-42-25-8-3-2-5-21(25)29-27-28(35-32(34)36-30(27)38-37-29)20-6-4-7-24(22(20)16-40)39-12-11-19-14-18(13-17-9-10-17)15-23(33)26(19)31(39)41/h2-8,11-12,14-15,17,19,26,40H,9-10,13,16H2,1H3,(H3,34,35,36,37,38)/t19-,26?/m0/s1. The van der Waals surface area contributed by atoms with Gasteiger partial charge in [0.1, 0.15) is 17.5 Å². The molecule has 0 saturated heterocycles. The lowest BCUT2D eigenvalue weighted by Gasteiger charge is -2.34. The maximum Gasteiger partial charge on any atom is 0.241 e. The second-order valence-electron chi connectivity index (χ2n) is 10.9. The third-order valence-corrected chi connectivity index (χ3v) is 8.23. The molecular weight excluding hydrogens is 535 g/mol. The minimum atomic E-state index is -0.944. The number of carbonyl (C=O) groups excluding carboxylic acids is 1. The van der Waals surface area contributed by atoms with E-state index in [1.807, 2.05) is 36.4 Å². The molecule has 3 aliphatic rings. The van der Waals surface area contributed by atoms with E-state index in [1.54, 1.807) is 31.5 Å². The number of carbonyl (C=O) groups is 1. The second-order valence-corrected chi connectivity index (χ2v) is 10.9. The largest absolute Gasteiger partial charge is 0.496 e. The van der Waals surface area contributed by atoms with Gasteiger partial charge in [0.25, 0.3) is 0 Å². The predicted molar refractivity (Wildman–Crippen MR) is 158 cm³/mol. The smallest absolute Gasteiger partial charge is 0.241 e. The van der Waals surface area contributed by atoms with E-state index in [9.17, 15) is 9.90 Å². The first kappa shape index (κ1) is 26.1. The summed E-state index contributed by atoms with van der Waals surface area (Å²) >= 11 is 0. The lowest BCUT2D eigenvalue weighted by atomic mass is 9.80. The highest BCUT2D eigenvalue weighted by Gasteiger charge is 2.40. The number of aliphatic hydroxyl groups excluding tert-OH is 1. The summed E-state index contributed by atoms with van der Waals surface area (Å²) < 4.78 is 21.0. The molecule has 7 rings (SSSR count). The summed E-state index contributed by atoms with van der Waals surface area (Å²) in [4.78, 5) is 24.1. The van der Waals surface area contributed by atoms with Crippen molar-refractivity contribution in [2.45, 2.75) is 25.9 Å². The number of allylic oxidation sites excluding steroid dienone is 4. The Bertz CT molecular complexity index is 1820. The average molecular weight is 565 g/mol. The number of aromatic nitrogens is 4. The van der Waals surface area contributed by atoms with Crippen molar-refractivity contribution in [3.63, 3.8) is 0 Å². The molecular formula is C32H29FN6O3. The predicted octanol–water partition coefficient (Wildman–Crippen LogP) is 5.46. The summed E-state index contributed by atoms with van der Waals surface area (Å²) in [6.07, 6.45) is 10.3. The molecule has 4 aromatic rings. The average Bonchev–Trinajstić information content (AvgIpc) is 3.71. The Morgan fingerprint density at radius 3 is 2.74 bits per heavy atom. The van der Waals surface area contributed by atoms with Crippen LogP contribution in [-0.4, -0.2) is 38.3 Å². The Hall–Kier alpha value is -4.83. The zero-order chi connectivity index (χ0) is 29.0. The summed E-state index contributed by atoms with van der Waals surface area (Å²) in [7, 11) is 1.59. The Kier molecular flexibility index (Phi) is 6.35. The fourth-order valence-electron chi connectivity index (χ4n) is 6.05. The number of para-hydroxylation sites is 1. The Labute approximate surface area is 241 Å². The first-order chi connectivity index (χ1) is 20.5. The second kappa shape index (κ2) is 10.2. The maximum atomic E-state index is 15.4. The van der Waals surface area contributed by atoms with Gasteiger partial charge in [0.05, 0.1) is 36.2 Å². The summed E-state index contributed by atoms with van der Waals surface area (Å²) in [6.45, 7) is -0.409. The number of rotatable bonds is 7. The first-order valence-corrected chi connectivity index (χ1v) is 13.9. The molecule has 9 nitrogen and oxygen atoms in total. The highest BCUT2D eigenvalue weighted by Crippen LogP contribution is 2.44. The number of H-pyrrole nitrogens is 1. The fourth-order valence-corrected chi connectivity index (χ4v) is 6.05. The fraction of sp³-hybridized carbons (Fsp3) is 0.250. The van der Waals surface area contributed by atoms with E-state index >= 15 is 4.39 Å². The van der Waals surface area contributed by atoms with E-state index in [0.29, 0.717) is 50.9 Å². The molecule has 4 N–H and O–H groups in total. The number of aliphatic hydroxyl groups is 1. The van der Waals surface area contributed by atoms with Gasteiger partial charge in [0, 0.05) is 28.8 Å². The molecule has 42 heavy (non-hydrogen) atoms. The number of fused-ring (bicyclic) bond motifs is 2. The molecule has 1 aliphatic heterocycles. The minimum Gasteiger partial charge on any atom is -0.496 e. The number of nitrogens with two attached hydrogens (primary N) is 1. The van der Waals surface area contributed by atoms with Crippen LogP contribution in [0.5, 0.6) is 5.75 Å². The summed E-state index contributed by atoms with van der Waals surface area (Å²) in [5.41, 5.74) is 10.6. The monoisotopic (exact) mass is 564 g/mol. The molecule has 2 atom stereocenters. The quantitative estimate of drug-likeness (QED) is 0.272. The zero-order valence-corrected chi connectivity index (χ0v) is 22.9. The molecule has 1 fully saturated rings. The molecule has 1 amide bonds. The van der Waals surface area contributed by atoms with Gasteiger partial charge in [-0.15, -0.1) is 0 Å². The third-order valence-electron chi connectivity index (χ3n) is 8.23. The van der Waals surface area contributed by atoms with Gasteiger partial charge in [-0.05, 0) is 55.0 Å². The molecule has 0 radical (unpaired) electrons. The van der Waals surface area contributed by atoms with Gasteiger partial charge in [0.15, 0.2) is 5.65 Å². The lowest BCUT2D eigenvalue weighted by molar-refractivity contribution is -0.122. The van der Waals surface area contributed by atoms with E-state index in [1.165, 1.54) is 23.8 Å². The number of nitrogen functional groups attached to an aromatic ring is 1. The number of halogens is 1. The minimum absolute atomic E-state index is 0.00450. The van der Waals surface area contributed by atoms with Gasteiger partial charge in [-0.25, -0.2) is 9.37 Å². The molecule has 2 aliphatic carbocycles. The molecule has 2 aromatic heterocycles. The summed E-state index contributed by atoms with van der Waals surface area (Å²) in [6, 6.07) is 12.8. The number of nitrogens with zero attached hydrogens (tertiary/aromatic N) is 4.